The topological polar surface area (TPSA) is 49.3 Å². The molecular formula is C29H39FN4O2. The highest BCUT2D eigenvalue weighted by Gasteiger charge is 2.25. The molecule has 0 unspecified atom stereocenters. The fourth-order valence-corrected chi connectivity index (χ4v) is 3.84. The number of rotatable bonds is 13. The Kier molecular flexibility index (Phi) is 11.0. The van der Waals surface area contributed by atoms with Gasteiger partial charge in [0.05, 0.1) is 26.4 Å². The third kappa shape index (κ3) is 8.50. The van der Waals surface area contributed by atoms with E-state index >= 15 is 0 Å². The van der Waals surface area contributed by atoms with Gasteiger partial charge in [0.15, 0.2) is 0 Å². The van der Waals surface area contributed by atoms with Crippen LogP contribution in [0.15, 0.2) is 71.6 Å². The van der Waals surface area contributed by atoms with E-state index in [1.54, 1.807) is 19.2 Å². The van der Waals surface area contributed by atoms with Crippen molar-refractivity contribution < 1.29 is 13.9 Å². The molecule has 1 aliphatic heterocycles. The van der Waals surface area contributed by atoms with Crippen molar-refractivity contribution in [3.8, 4) is 0 Å². The first-order valence-corrected chi connectivity index (χ1v) is 12.6. The van der Waals surface area contributed by atoms with Crippen LogP contribution in [0.2, 0.25) is 0 Å². The summed E-state index contributed by atoms with van der Waals surface area (Å²) in [6.45, 7) is 13.0. The molecule has 0 atom stereocenters. The monoisotopic (exact) mass is 494 g/mol. The maximum absolute atomic E-state index is 13.5. The van der Waals surface area contributed by atoms with Gasteiger partial charge in [-0.15, -0.1) is 0 Å². The number of benzene rings is 2. The minimum atomic E-state index is -0.252. The summed E-state index contributed by atoms with van der Waals surface area (Å²) in [5.41, 5.74) is 4.01. The van der Waals surface area contributed by atoms with Crippen molar-refractivity contribution >= 4 is 17.6 Å². The Morgan fingerprint density at radius 3 is 2.47 bits per heavy atom. The number of ether oxygens (including phenoxy) is 2. The second-order valence-corrected chi connectivity index (χ2v) is 8.87. The number of hydrogen-bond acceptors (Lipinski definition) is 5. The molecule has 194 valence electrons. The fourth-order valence-electron chi connectivity index (χ4n) is 3.84. The molecule has 0 radical (unpaired) electrons. The number of nitrogens with one attached hydrogen (secondary N) is 1. The summed E-state index contributed by atoms with van der Waals surface area (Å²) in [6.07, 6.45) is 4.23. The molecule has 1 aliphatic rings. The number of anilines is 1. The average Bonchev–Trinajstić information content (AvgIpc) is 2.89. The van der Waals surface area contributed by atoms with Crippen molar-refractivity contribution in [3.63, 3.8) is 0 Å². The van der Waals surface area contributed by atoms with Crippen LogP contribution in [0.5, 0.6) is 0 Å². The molecule has 0 aromatic heterocycles. The van der Waals surface area contributed by atoms with E-state index in [-0.39, 0.29) is 5.82 Å². The standard InChI is InChI=1S/C29H39FN4O2/c1-5-6-17-35-18-19-36-22-24(3)33-15-16-34(29(21-33)31-4)28(20-25-9-11-26(30)12-10-25)32-27-13-7-23(2)8-14-27/h7-14,20,32H,3,5-6,15-19,21-22H2,1-2,4H3/b28-20+,31-29?. The quantitative estimate of drug-likeness (QED) is 0.371. The predicted molar refractivity (Wildman–Crippen MR) is 147 cm³/mol. The lowest BCUT2D eigenvalue weighted by Crippen LogP contribution is -2.50. The van der Waals surface area contributed by atoms with Crippen molar-refractivity contribution in [1.29, 1.82) is 0 Å². The number of unbranched alkanes of at least 4 members (excludes halogenated alkanes) is 1. The Morgan fingerprint density at radius 2 is 1.78 bits per heavy atom. The second-order valence-electron chi connectivity index (χ2n) is 8.87. The normalized spacial score (nSPS) is 15.4. The van der Waals surface area contributed by atoms with E-state index in [1.165, 1.54) is 17.7 Å². The van der Waals surface area contributed by atoms with Gasteiger partial charge < -0.3 is 24.6 Å². The highest BCUT2D eigenvalue weighted by Crippen LogP contribution is 2.21. The van der Waals surface area contributed by atoms with Gasteiger partial charge in [0.25, 0.3) is 0 Å². The van der Waals surface area contributed by atoms with Crippen molar-refractivity contribution in [1.82, 2.24) is 9.80 Å². The molecule has 2 aromatic rings. The van der Waals surface area contributed by atoms with E-state index in [4.69, 9.17) is 9.47 Å². The van der Waals surface area contributed by atoms with Gasteiger partial charge in [-0.2, -0.15) is 0 Å². The number of piperazine rings is 1. The second kappa shape index (κ2) is 14.4. The zero-order valence-electron chi connectivity index (χ0n) is 21.8. The molecule has 2 aromatic carbocycles. The van der Waals surface area contributed by atoms with Crippen LogP contribution in [0, 0.1) is 12.7 Å². The minimum Gasteiger partial charge on any atom is -0.379 e. The van der Waals surface area contributed by atoms with Crippen LogP contribution in [0.25, 0.3) is 6.08 Å². The Balaban J connectivity index is 1.66. The molecule has 0 spiro atoms. The molecule has 3 rings (SSSR count). The number of nitrogens with zero attached hydrogens (tertiary/aromatic N) is 3. The molecule has 0 saturated carbocycles. The molecule has 0 aliphatic carbocycles. The molecular weight excluding hydrogens is 455 g/mol. The van der Waals surface area contributed by atoms with E-state index in [2.05, 4.69) is 64.8 Å². The molecule has 1 N–H and O–H groups in total. The van der Waals surface area contributed by atoms with Crippen molar-refractivity contribution in [3.05, 3.63) is 83.6 Å². The zero-order valence-corrected chi connectivity index (χ0v) is 21.8. The highest BCUT2D eigenvalue weighted by atomic mass is 19.1. The van der Waals surface area contributed by atoms with Gasteiger partial charge in [0.1, 0.15) is 17.5 Å². The molecule has 36 heavy (non-hydrogen) atoms. The maximum atomic E-state index is 13.5. The van der Waals surface area contributed by atoms with Crippen molar-refractivity contribution in [2.24, 2.45) is 4.99 Å². The molecule has 1 fully saturated rings. The number of halogens is 1. The van der Waals surface area contributed by atoms with Gasteiger partial charge in [-0.1, -0.05) is 49.8 Å². The summed E-state index contributed by atoms with van der Waals surface area (Å²) in [5.74, 6) is 1.55. The van der Waals surface area contributed by atoms with Crippen molar-refractivity contribution in [2.45, 2.75) is 26.7 Å². The van der Waals surface area contributed by atoms with Crippen LogP contribution in [0.3, 0.4) is 0 Å². The van der Waals surface area contributed by atoms with Crippen LogP contribution >= 0.6 is 0 Å². The van der Waals surface area contributed by atoms with Gasteiger partial charge in [0.2, 0.25) is 0 Å². The van der Waals surface area contributed by atoms with E-state index < -0.39 is 0 Å². The molecule has 0 bridgehead atoms. The largest absolute Gasteiger partial charge is 0.379 e. The lowest BCUT2D eigenvalue weighted by molar-refractivity contribution is 0.0490. The Hall–Kier alpha value is -3.16. The molecule has 0 amide bonds. The summed E-state index contributed by atoms with van der Waals surface area (Å²) < 4.78 is 24.8. The average molecular weight is 495 g/mol. The lowest BCUT2D eigenvalue weighted by atomic mass is 10.2. The van der Waals surface area contributed by atoms with E-state index in [0.29, 0.717) is 26.4 Å². The Morgan fingerprint density at radius 1 is 1.06 bits per heavy atom. The van der Waals surface area contributed by atoms with E-state index in [9.17, 15) is 4.39 Å². The van der Waals surface area contributed by atoms with Gasteiger partial charge in [-0.3, -0.25) is 4.99 Å². The summed E-state index contributed by atoms with van der Waals surface area (Å²) in [6, 6.07) is 14.7. The van der Waals surface area contributed by atoms with Gasteiger partial charge in [0, 0.05) is 38.1 Å². The van der Waals surface area contributed by atoms with E-state index in [1.807, 2.05) is 6.08 Å². The Labute approximate surface area is 215 Å². The fraction of sp³-hybridized carbons (Fsp3) is 0.414. The van der Waals surface area contributed by atoms with Crippen LogP contribution < -0.4 is 5.32 Å². The van der Waals surface area contributed by atoms with Gasteiger partial charge in [-0.25, -0.2) is 4.39 Å². The highest BCUT2D eigenvalue weighted by molar-refractivity contribution is 5.88. The number of aryl methyl sites for hydroxylation is 1. The smallest absolute Gasteiger partial charge is 0.124 e. The summed E-state index contributed by atoms with van der Waals surface area (Å²) in [7, 11) is 1.81. The zero-order chi connectivity index (χ0) is 25.8. The minimum absolute atomic E-state index is 0.252. The Bertz CT molecular complexity index is 1020. The summed E-state index contributed by atoms with van der Waals surface area (Å²) >= 11 is 0. The van der Waals surface area contributed by atoms with Gasteiger partial charge in [-0.05, 0) is 49.2 Å². The first-order chi connectivity index (χ1) is 17.5. The number of amidine groups is 1. The molecule has 6 nitrogen and oxygen atoms in total. The van der Waals surface area contributed by atoms with Gasteiger partial charge >= 0.3 is 0 Å². The number of hydrogen-bond donors (Lipinski definition) is 1. The number of aliphatic imine (C=N–C) groups is 1. The summed E-state index contributed by atoms with van der Waals surface area (Å²) in [5, 5.41) is 3.54. The maximum Gasteiger partial charge on any atom is 0.124 e. The van der Waals surface area contributed by atoms with Crippen molar-refractivity contribution in [2.75, 3.05) is 58.4 Å². The first-order valence-electron chi connectivity index (χ1n) is 12.6. The van der Waals surface area contributed by atoms with Crippen LogP contribution in [0.4, 0.5) is 10.1 Å². The van der Waals surface area contributed by atoms with Crippen LogP contribution in [0.1, 0.15) is 30.9 Å². The third-order valence-corrected chi connectivity index (χ3v) is 6.01. The van der Waals surface area contributed by atoms with E-state index in [0.717, 1.165) is 61.1 Å². The predicted octanol–water partition coefficient (Wildman–Crippen LogP) is 5.54. The first kappa shape index (κ1) is 27.4. The molecule has 7 heteroatoms. The SMILES string of the molecule is C=C(COCCOCCCC)N1CCN(/C(=C/c2ccc(F)cc2)Nc2ccc(C)cc2)C(=NC)C1. The van der Waals surface area contributed by atoms with Crippen LogP contribution in [-0.4, -0.2) is 68.7 Å². The van der Waals surface area contributed by atoms with Crippen LogP contribution in [-0.2, 0) is 9.47 Å². The lowest BCUT2D eigenvalue weighted by Gasteiger charge is -2.40. The molecule has 1 saturated heterocycles. The summed E-state index contributed by atoms with van der Waals surface area (Å²) in [4.78, 5) is 8.97. The third-order valence-electron chi connectivity index (χ3n) is 6.01. The molecule has 1 heterocycles.